The Labute approximate surface area is 118 Å². The number of rotatable bonds is 2. The predicted octanol–water partition coefficient (Wildman–Crippen LogP) is 3.00. The highest BCUT2D eigenvalue weighted by atomic mass is 19.1. The molecule has 1 N–H and O–H groups in total. The van der Waals surface area contributed by atoms with Gasteiger partial charge in [-0.25, -0.2) is 4.39 Å². The third kappa shape index (κ3) is 2.57. The molecule has 2 atom stereocenters. The van der Waals surface area contributed by atoms with Crippen LogP contribution in [0, 0.1) is 11.7 Å². The van der Waals surface area contributed by atoms with Gasteiger partial charge in [-0.2, -0.15) is 0 Å². The normalized spacial score (nSPS) is 27.1. The Morgan fingerprint density at radius 3 is 2.95 bits per heavy atom. The smallest absolute Gasteiger partial charge is 0.307 e. The van der Waals surface area contributed by atoms with Crippen molar-refractivity contribution in [3.63, 3.8) is 0 Å². The van der Waals surface area contributed by atoms with Gasteiger partial charge in [0.05, 0.1) is 5.92 Å². The Hall–Kier alpha value is -1.42. The molecule has 1 aliphatic heterocycles. The highest BCUT2D eigenvalue weighted by Crippen LogP contribution is 2.36. The molecule has 0 bridgehead atoms. The van der Waals surface area contributed by atoms with Crippen LogP contribution in [0.3, 0.4) is 0 Å². The summed E-state index contributed by atoms with van der Waals surface area (Å²) in [7, 11) is 0. The number of carboxylic acids is 1. The van der Waals surface area contributed by atoms with E-state index in [1.54, 1.807) is 6.07 Å². The van der Waals surface area contributed by atoms with E-state index in [2.05, 4.69) is 4.90 Å². The number of piperidine rings is 1. The number of aryl methyl sites for hydroxylation is 1. The monoisotopic (exact) mass is 277 g/mol. The first-order valence-corrected chi connectivity index (χ1v) is 7.40. The van der Waals surface area contributed by atoms with Gasteiger partial charge in [0.25, 0.3) is 0 Å². The van der Waals surface area contributed by atoms with Crippen molar-refractivity contribution in [2.75, 3.05) is 13.1 Å². The minimum atomic E-state index is -0.704. The van der Waals surface area contributed by atoms with E-state index >= 15 is 0 Å². The summed E-state index contributed by atoms with van der Waals surface area (Å²) in [5.41, 5.74) is 2.29. The standard InChI is InChI=1S/C16H20FNO2/c17-13-7-6-11-3-1-5-15(14(11)9-13)18-8-2-4-12(10-18)16(19)20/h6-7,9,12,15H,1-5,8,10H2,(H,19,20). The maximum Gasteiger partial charge on any atom is 0.307 e. The molecule has 1 aromatic carbocycles. The van der Waals surface area contributed by atoms with Gasteiger partial charge in [0, 0.05) is 12.6 Å². The molecule has 20 heavy (non-hydrogen) atoms. The van der Waals surface area contributed by atoms with Crippen molar-refractivity contribution in [2.24, 2.45) is 5.92 Å². The average molecular weight is 277 g/mol. The number of fused-ring (bicyclic) bond motifs is 1. The Morgan fingerprint density at radius 2 is 2.15 bits per heavy atom. The predicted molar refractivity (Wildman–Crippen MR) is 74.0 cm³/mol. The molecule has 1 aliphatic carbocycles. The van der Waals surface area contributed by atoms with Crippen LogP contribution in [0.4, 0.5) is 4.39 Å². The second-order valence-electron chi connectivity index (χ2n) is 5.92. The molecule has 4 heteroatoms. The van der Waals surface area contributed by atoms with E-state index in [1.807, 2.05) is 6.07 Å². The average Bonchev–Trinajstić information content (AvgIpc) is 2.46. The zero-order valence-electron chi connectivity index (χ0n) is 11.5. The summed E-state index contributed by atoms with van der Waals surface area (Å²) in [6, 6.07) is 5.24. The summed E-state index contributed by atoms with van der Waals surface area (Å²) in [6.45, 7) is 1.51. The lowest BCUT2D eigenvalue weighted by Gasteiger charge is -2.40. The van der Waals surface area contributed by atoms with E-state index < -0.39 is 5.97 Å². The first kappa shape index (κ1) is 13.6. The van der Waals surface area contributed by atoms with Crippen LogP contribution in [-0.2, 0) is 11.2 Å². The third-order valence-electron chi connectivity index (χ3n) is 4.63. The van der Waals surface area contributed by atoms with Gasteiger partial charge in [-0.05, 0) is 61.9 Å². The van der Waals surface area contributed by atoms with Gasteiger partial charge in [-0.15, -0.1) is 0 Å². The quantitative estimate of drug-likeness (QED) is 0.903. The number of hydrogen-bond acceptors (Lipinski definition) is 2. The van der Waals surface area contributed by atoms with Crippen molar-refractivity contribution in [3.05, 3.63) is 35.1 Å². The van der Waals surface area contributed by atoms with Crippen LogP contribution in [0.15, 0.2) is 18.2 Å². The largest absolute Gasteiger partial charge is 0.481 e. The van der Waals surface area contributed by atoms with E-state index in [0.717, 1.165) is 44.2 Å². The minimum absolute atomic E-state index is 0.191. The van der Waals surface area contributed by atoms with Gasteiger partial charge in [-0.3, -0.25) is 9.69 Å². The van der Waals surface area contributed by atoms with Gasteiger partial charge in [-0.1, -0.05) is 6.07 Å². The second-order valence-corrected chi connectivity index (χ2v) is 5.92. The maximum atomic E-state index is 13.5. The molecule has 0 saturated carbocycles. The number of hydrogen-bond donors (Lipinski definition) is 1. The highest BCUT2D eigenvalue weighted by Gasteiger charge is 2.32. The lowest BCUT2D eigenvalue weighted by atomic mass is 9.85. The van der Waals surface area contributed by atoms with Gasteiger partial charge in [0.2, 0.25) is 0 Å². The SMILES string of the molecule is O=C(O)C1CCCN(C2CCCc3ccc(F)cc32)C1. The van der Waals surface area contributed by atoms with Crippen molar-refractivity contribution >= 4 is 5.97 Å². The summed E-state index contributed by atoms with van der Waals surface area (Å²) >= 11 is 0. The Morgan fingerprint density at radius 1 is 1.30 bits per heavy atom. The molecule has 1 aromatic rings. The second kappa shape index (κ2) is 5.52. The van der Waals surface area contributed by atoms with E-state index in [-0.39, 0.29) is 17.8 Å². The molecule has 0 aromatic heterocycles. The lowest BCUT2D eigenvalue weighted by molar-refractivity contribution is -0.144. The molecule has 2 aliphatic rings. The van der Waals surface area contributed by atoms with Gasteiger partial charge < -0.3 is 5.11 Å². The molecular formula is C16H20FNO2. The molecular weight excluding hydrogens is 257 g/mol. The first-order valence-electron chi connectivity index (χ1n) is 7.40. The minimum Gasteiger partial charge on any atom is -0.481 e. The summed E-state index contributed by atoms with van der Waals surface area (Å²) in [5.74, 6) is -1.17. The van der Waals surface area contributed by atoms with E-state index in [1.165, 1.54) is 11.6 Å². The third-order valence-corrected chi connectivity index (χ3v) is 4.63. The molecule has 0 spiro atoms. The van der Waals surface area contributed by atoms with Gasteiger partial charge >= 0.3 is 5.97 Å². The van der Waals surface area contributed by atoms with Crippen molar-refractivity contribution in [1.29, 1.82) is 0 Å². The molecule has 2 unspecified atom stereocenters. The van der Waals surface area contributed by atoms with Crippen LogP contribution in [0.1, 0.15) is 42.9 Å². The number of aliphatic carboxylic acids is 1. The van der Waals surface area contributed by atoms with E-state index in [4.69, 9.17) is 0 Å². The number of carboxylic acid groups (broad SMARTS) is 1. The maximum absolute atomic E-state index is 13.5. The molecule has 3 nitrogen and oxygen atoms in total. The molecule has 1 heterocycles. The fourth-order valence-electron chi connectivity index (χ4n) is 3.62. The Balaban J connectivity index is 1.84. The van der Waals surface area contributed by atoms with Crippen molar-refractivity contribution in [3.8, 4) is 0 Å². The topological polar surface area (TPSA) is 40.5 Å². The number of benzene rings is 1. The fourth-order valence-corrected chi connectivity index (χ4v) is 3.62. The molecule has 0 amide bonds. The summed E-state index contributed by atoms with van der Waals surface area (Å²) in [6.07, 6.45) is 4.77. The molecule has 3 rings (SSSR count). The Kier molecular flexibility index (Phi) is 3.74. The number of halogens is 1. The van der Waals surface area contributed by atoms with E-state index in [9.17, 15) is 14.3 Å². The summed E-state index contributed by atoms with van der Waals surface area (Å²) < 4.78 is 13.5. The van der Waals surface area contributed by atoms with Crippen LogP contribution in [0.25, 0.3) is 0 Å². The van der Waals surface area contributed by atoms with Gasteiger partial charge in [0.1, 0.15) is 5.82 Å². The molecule has 1 fully saturated rings. The van der Waals surface area contributed by atoms with Crippen LogP contribution >= 0.6 is 0 Å². The Bertz CT molecular complexity index is 517. The zero-order valence-corrected chi connectivity index (χ0v) is 11.5. The molecule has 0 radical (unpaired) electrons. The van der Waals surface area contributed by atoms with Crippen LogP contribution in [-0.4, -0.2) is 29.1 Å². The fraction of sp³-hybridized carbons (Fsp3) is 0.562. The molecule has 108 valence electrons. The summed E-state index contributed by atoms with van der Waals surface area (Å²) in [4.78, 5) is 13.4. The van der Waals surface area contributed by atoms with Crippen molar-refractivity contribution in [1.82, 2.24) is 4.90 Å². The van der Waals surface area contributed by atoms with Crippen molar-refractivity contribution in [2.45, 2.75) is 38.1 Å². The lowest BCUT2D eigenvalue weighted by Crippen LogP contribution is -2.41. The number of likely N-dealkylation sites (tertiary alicyclic amines) is 1. The highest BCUT2D eigenvalue weighted by molar-refractivity contribution is 5.70. The van der Waals surface area contributed by atoms with Crippen molar-refractivity contribution < 1.29 is 14.3 Å². The number of carbonyl (C=O) groups is 1. The van der Waals surface area contributed by atoms with Crippen LogP contribution < -0.4 is 0 Å². The molecule has 1 saturated heterocycles. The van der Waals surface area contributed by atoms with Gasteiger partial charge in [0.15, 0.2) is 0 Å². The van der Waals surface area contributed by atoms with E-state index in [0.29, 0.717) is 6.54 Å². The van der Waals surface area contributed by atoms with Crippen LogP contribution in [0.5, 0.6) is 0 Å². The zero-order chi connectivity index (χ0) is 14.1. The number of nitrogens with zero attached hydrogens (tertiary/aromatic N) is 1. The van der Waals surface area contributed by atoms with Crippen LogP contribution in [0.2, 0.25) is 0 Å². The summed E-state index contributed by atoms with van der Waals surface area (Å²) in [5, 5.41) is 9.21. The first-order chi connectivity index (χ1) is 9.65.